The molecule has 1 heterocycles. The number of likely N-dealkylation sites (tertiary alicyclic amines) is 1. The van der Waals surface area contributed by atoms with E-state index in [0.717, 1.165) is 32.2 Å². The van der Waals surface area contributed by atoms with Crippen LogP contribution in [0.5, 0.6) is 11.5 Å². The average molecular weight is 356 g/mol. The molecule has 0 aliphatic carbocycles. The van der Waals surface area contributed by atoms with Gasteiger partial charge in [-0.2, -0.15) is 0 Å². The van der Waals surface area contributed by atoms with Gasteiger partial charge in [0.15, 0.2) is 18.1 Å². The van der Waals surface area contributed by atoms with E-state index in [2.05, 4.69) is 15.9 Å². The van der Waals surface area contributed by atoms with Crippen LogP contribution in [0.2, 0.25) is 0 Å². The smallest absolute Gasteiger partial charge is 0.260 e. The number of aldehydes is 1. The Bertz CT molecular complexity index is 527. The Morgan fingerprint density at radius 1 is 1.33 bits per heavy atom. The van der Waals surface area contributed by atoms with Gasteiger partial charge in [-0.1, -0.05) is 0 Å². The number of piperidine rings is 1. The highest BCUT2D eigenvalue weighted by Gasteiger charge is 2.19. The van der Waals surface area contributed by atoms with Crippen LogP contribution in [0.4, 0.5) is 0 Å². The van der Waals surface area contributed by atoms with Gasteiger partial charge in [-0.3, -0.25) is 9.59 Å². The second kappa shape index (κ2) is 7.45. The summed E-state index contributed by atoms with van der Waals surface area (Å²) in [7, 11) is 1.50. The summed E-state index contributed by atoms with van der Waals surface area (Å²) >= 11 is 3.34. The van der Waals surface area contributed by atoms with Gasteiger partial charge >= 0.3 is 0 Å². The lowest BCUT2D eigenvalue weighted by atomic mass is 10.1. The van der Waals surface area contributed by atoms with E-state index in [1.807, 2.05) is 4.90 Å². The van der Waals surface area contributed by atoms with E-state index < -0.39 is 0 Å². The summed E-state index contributed by atoms with van der Waals surface area (Å²) in [5.74, 6) is 0.842. The molecule has 1 aliphatic heterocycles. The van der Waals surface area contributed by atoms with E-state index >= 15 is 0 Å². The van der Waals surface area contributed by atoms with Crippen molar-refractivity contribution in [3.05, 3.63) is 22.2 Å². The van der Waals surface area contributed by atoms with Crippen LogP contribution in [-0.4, -0.2) is 43.9 Å². The third kappa shape index (κ3) is 3.97. The molecular weight excluding hydrogens is 338 g/mol. The molecule has 0 saturated carbocycles. The van der Waals surface area contributed by atoms with Crippen LogP contribution in [0.25, 0.3) is 0 Å². The Hall–Kier alpha value is -1.56. The largest absolute Gasteiger partial charge is 0.493 e. The van der Waals surface area contributed by atoms with Gasteiger partial charge in [-0.25, -0.2) is 0 Å². The highest BCUT2D eigenvalue weighted by molar-refractivity contribution is 9.10. The normalized spacial score (nSPS) is 14.7. The molecule has 0 bridgehead atoms. The molecule has 0 atom stereocenters. The van der Waals surface area contributed by atoms with Crippen LogP contribution in [0.1, 0.15) is 29.6 Å². The van der Waals surface area contributed by atoms with Crippen LogP contribution in [0, 0.1) is 0 Å². The number of amides is 1. The SMILES string of the molecule is COc1cc(C=O)cc(Br)c1OCC(=O)N1CCCCC1. The number of methoxy groups -OCH3 is 1. The first-order chi connectivity index (χ1) is 10.2. The third-order valence-corrected chi connectivity index (χ3v) is 4.03. The van der Waals surface area contributed by atoms with Crippen molar-refractivity contribution in [1.29, 1.82) is 0 Å². The Morgan fingerprint density at radius 3 is 2.67 bits per heavy atom. The van der Waals surface area contributed by atoms with Crippen molar-refractivity contribution in [3.63, 3.8) is 0 Å². The summed E-state index contributed by atoms with van der Waals surface area (Å²) in [4.78, 5) is 24.7. The predicted molar refractivity (Wildman–Crippen MR) is 82.0 cm³/mol. The lowest BCUT2D eigenvalue weighted by Crippen LogP contribution is -2.38. The maximum atomic E-state index is 12.1. The van der Waals surface area contributed by atoms with Crippen LogP contribution in [-0.2, 0) is 4.79 Å². The Morgan fingerprint density at radius 2 is 2.05 bits per heavy atom. The molecule has 1 aromatic rings. The van der Waals surface area contributed by atoms with E-state index in [4.69, 9.17) is 9.47 Å². The molecule has 5 nitrogen and oxygen atoms in total. The number of hydrogen-bond donors (Lipinski definition) is 0. The number of hydrogen-bond acceptors (Lipinski definition) is 4. The van der Waals surface area contributed by atoms with Crippen LogP contribution in [0.15, 0.2) is 16.6 Å². The van der Waals surface area contributed by atoms with E-state index in [9.17, 15) is 9.59 Å². The van der Waals surface area contributed by atoms with E-state index in [1.165, 1.54) is 13.5 Å². The molecule has 1 amide bonds. The zero-order valence-corrected chi connectivity index (χ0v) is 13.5. The highest BCUT2D eigenvalue weighted by atomic mass is 79.9. The Labute approximate surface area is 132 Å². The van der Waals surface area contributed by atoms with Crippen molar-refractivity contribution >= 4 is 28.1 Å². The van der Waals surface area contributed by atoms with Gasteiger partial charge in [0.05, 0.1) is 11.6 Å². The summed E-state index contributed by atoms with van der Waals surface area (Å²) in [6.45, 7) is 1.56. The summed E-state index contributed by atoms with van der Waals surface area (Å²) in [5.41, 5.74) is 0.480. The van der Waals surface area contributed by atoms with Crippen LogP contribution in [0.3, 0.4) is 0 Å². The predicted octanol–water partition coefficient (Wildman–Crippen LogP) is 2.66. The zero-order chi connectivity index (χ0) is 15.2. The number of carbonyl (C=O) groups excluding carboxylic acids is 2. The molecule has 0 aromatic heterocycles. The number of rotatable bonds is 5. The van der Waals surface area contributed by atoms with Crippen molar-refractivity contribution in [2.75, 3.05) is 26.8 Å². The molecule has 1 fully saturated rings. The number of benzene rings is 1. The fourth-order valence-electron chi connectivity index (χ4n) is 2.32. The Balaban J connectivity index is 2.05. The van der Waals surface area contributed by atoms with Gasteiger partial charge in [-0.15, -0.1) is 0 Å². The number of nitrogens with zero attached hydrogens (tertiary/aromatic N) is 1. The van der Waals surface area contributed by atoms with E-state index in [-0.39, 0.29) is 12.5 Å². The minimum atomic E-state index is -0.0323. The van der Waals surface area contributed by atoms with Gasteiger partial charge < -0.3 is 14.4 Å². The average Bonchev–Trinajstić information content (AvgIpc) is 2.53. The fraction of sp³-hybridized carbons (Fsp3) is 0.467. The summed E-state index contributed by atoms with van der Waals surface area (Å²) in [5, 5.41) is 0. The molecule has 114 valence electrons. The number of carbonyl (C=O) groups is 2. The minimum Gasteiger partial charge on any atom is -0.493 e. The molecule has 2 rings (SSSR count). The van der Waals surface area contributed by atoms with Crippen molar-refractivity contribution in [1.82, 2.24) is 4.90 Å². The topological polar surface area (TPSA) is 55.8 Å². The van der Waals surface area contributed by atoms with Crippen LogP contribution < -0.4 is 9.47 Å². The second-order valence-corrected chi connectivity index (χ2v) is 5.74. The van der Waals surface area contributed by atoms with Crippen molar-refractivity contribution in [2.24, 2.45) is 0 Å². The van der Waals surface area contributed by atoms with Gasteiger partial charge in [0.2, 0.25) is 0 Å². The number of halogens is 1. The molecule has 0 N–H and O–H groups in total. The molecule has 0 spiro atoms. The highest BCUT2D eigenvalue weighted by Crippen LogP contribution is 2.36. The van der Waals surface area contributed by atoms with Gasteiger partial charge in [0.25, 0.3) is 5.91 Å². The maximum Gasteiger partial charge on any atom is 0.260 e. The van der Waals surface area contributed by atoms with E-state index in [0.29, 0.717) is 21.5 Å². The number of ether oxygens (including phenoxy) is 2. The van der Waals surface area contributed by atoms with Crippen molar-refractivity contribution in [3.8, 4) is 11.5 Å². The lowest BCUT2D eigenvalue weighted by Gasteiger charge is -2.26. The standard InChI is InChI=1S/C15H18BrNO4/c1-20-13-8-11(9-18)7-12(16)15(13)21-10-14(19)17-5-3-2-4-6-17/h7-9H,2-6,10H2,1H3. The lowest BCUT2D eigenvalue weighted by molar-refractivity contribution is -0.134. The first-order valence-electron chi connectivity index (χ1n) is 6.89. The van der Waals surface area contributed by atoms with E-state index in [1.54, 1.807) is 12.1 Å². The van der Waals surface area contributed by atoms with Crippen molar-refractivity contribution in [2.45, 2.75) is 19.3 Å². The van der Waals surface area contributed by atoms with Crippen LogP contribution >= 0.6 is 15.9 Å². The molecule has 6 heteroatoms. The molecule has 21 heavy (non-hydrogen) atoms. The molecule has 1 saturated heterocycles. The Kier molecular flexibility index (Phi) is 5.61. The zero-order valence-electron chi connectivity index (χ0n) is 11.9. The first kappa shape index (κ1) is 15.8. The summed E-state index contributed by atoms with van der Waals surface area (Å²) in [6.07, 6.45) is 4.01. The van der Waals surface area contributed by atoms with Crippen molar-refractivity contribution < 1.29 is 19.1 Å². The monoisotopic (exact) mass is 355 g/mol. The molecular formula is C15H18BrNO4. The van der Waals surface area contributed by atoms with Gasteiger partial charge in [0, 0.05) is 18.7 Å². The fourth-order valence-corrected chi connectivity index (χ4v) is 2.89. The molecule has 1 aromatic carbocycles. The molecule has 1 aliphatic rings. The third-order valence-electron chi connectivity index (χ3n) is 3.44. The maximum absolute atomic E-state index is 12.1. The second-order valence-electron chi connectivity index (χ2n) is 4.88. The summed E-state index contributed by atoms with van der Waals surface area (Å²) < 4.78 is 11.4. The minimum absolute atomic E-state index is 0.0249. The molecule has 0 unspecified atom stereocenters. The summed E-state index contributed by atoms with van der Waals surface area (Å²) in [6, 6.07) is 3.22. The first-order valence-corrected chi connectivity index (χ1v) is 7.68. The van der Waals surface area contributed by atoms with Gasteiger partial charge in [-0.05, 0) is 47.3 Å². The quantitative estimate of drug-likeness (QED) is 0.762. The molecule has 0 radical (unpaired) electrons. The van der Waals surface area contributed by atoms with Gasteiger partial charge in [0.1, 0.15) is 6.29 Å².